The molecule has 0 aromatic rings. The Balaban J connectivity index is 2.57. The number of hydrogen-bond acceptors (Lipinski definition) is 4. The van der Waals surface area contributed by atoms with Crippen LogP contribution in [0, 0.1) is 0 Å². The summed E-state index contributed by atoms with van der Waals surface area (Å²) in [6.07, 6.45) is 1.47. The van der Waals surface area contributed by atoms with Crippen LogP contribution in [-0.4, -0.2) is 11.1 Å². The number of carboxylic acid groups (broad SMARTS) is 1. The third kappa shape index (κ3) is 1.10. The Hall–Kier alpha value is -0.290. The Morgan fingerprint density at radius 3 is 2.88 bits per heavy atom. The Bertz CT molecular complexity index is 144. The lowest BCUT2D eigenvalue weighted by Gasteiger charge is -1.83. The third-order valence-electron chi connectivity index (χ3n) is 0.580. The summed E-state index contributed by atoms with van der Waals surface area (Å²) in [6.45, 7) is 0. The average Bonchev–Trinajstić information content (AvgIpc) is 2.12. The summed E-state index contributed by atoms with van der Waals surface area (Å²) in [4.78, 5) is 10.4. The lowest BCUT2D eigenvalue weighted by molar-refractivity contribution is -0.131. The normalized spacial score (nSPS) is 17.2. The van der Waals surface area contributed by atoms with E-state index in [2.05, 4.69) is 4.72 Å². The van der Waals surface area contributed by atoms with Crippen molar-refractivity contribution in [2.45, 2.75) is 0 Å². The van der Waals surface area contributed by atoms with Crippen LogP contribution in [0.4, 0.5) is 0 Å². The molecule has 0 fully saturated rings. The highest BCUT2D eigenvalue weighted by atomic mass is 33.1. The van der Waals surface area contributed by atoms with Crippen molar-refractivity contribution < 1.29 is 9.90 Å². The van der Waals surface area contributed by atoms with E-state index in [-0.39, 0.29) is 0 Å². The van der Waals surface area contributed by atoms with Crippen LogP contribution in [0.1, 0.15) is 0 Å². The van der Waals surface area contributed by atoms with E-state index in [9.17, 15) is 4.79 Å². The highest BCUT2D eigenvalue weighted by Gasteiger charge is 2.12. The van der Waals surface area contributed by atoms with E-state index in [1.54, 1.807) is 0 Å². The summed E-state index contributed by atoms with van der Waals surface area (Å²) >= 11 is 0. The van der Waals surface area contributed by atoms with Crippen LogP contribution in [0.3, 0.4) is 0 Å². The summed E-state index contributed by atoms with van der Waals surface area (Å²) in [5.41, 5.74) is 0. The molecule has 0 aromatic carbocycles. The minimum atomic E-state index is -0.868. The first kappa shape index (κ1) is 5.84. The molecule has 0 bridgehead atoms. The van der Waals surface area contributed by atoms with Crippen molar-refractivity contribution >= 4 is 27.7 Å². The summed E-state index contributed by atoms with van der Waals surface area (Å²) in [7, 11) is 2.52. The van der Waals surface area contributed by atoms with Crippen LogP contribution in [0.15, 0.2) is 11.1 Å². The maximum absolute atomic E-state index is 10.1. The molecular weight excluding hydrogens is 146 g/mol. The largest absolute Gasteiger partial charge is 0.477 e. The topological polar surface area (TPSA) is 49.3 Å². The predicted octanol–water partition coefficient (Wildman–Crippen LogP) is 0.812. The van der Waals surface area contributed by atoms with E-state index in [1.807, 2.05) is 0 Å². The van der Waals surface area contributed by atoms with Crippen molar-refractivity contribution in [2.75, 3.05) is 0 Å². The van der Waals surface area contributed by atoms with Crippen molar-refractivity contribution in [3.8, 4) is 0 Å². The van der Waals surface area contributed by atoms with Gasteiger partial charge in [0.25, 0.3) is 0 Å². The molecule has 8 heavy (non-hydrogen) atoms. The number of hydrogen-bond donors (Lipinski definition) is 2. The van der Waals surface area contributed by atoms with Gasteiger partial charge in [-0.05, 0) is 10.8 Å². The van der Waals surface area contributed by atoms with Crippen molar-refractivity contribution in [3.63, 3.8) is 0 Å². The fourth-order valence-electron chi connectivity index (χ4n) is 0.268. The SMILES string of the molecule is O=C(O)C1=CNSS1. The molecule has 0 unspecified atom stereocenters. The summed E-state index contributed by atoms with van der Waals surface area (Å²) in [5.74, 6) is -0.868. The molecule has 44 valence electrons. The lowest BCUT2D eigenvalue weighted by atomic mass is 10.6. The van der Waals surface area contributed by atoms with Gasteiger partial charge in [0.05, 0.1) is 0 Å². The zero-order valence-electron chi connectivity index (χ0n) is 3.75. The third-order valence-corrected chi connectivity index (χ3v) is 2.43. The van der Waals surface area contributed by atoms with Crippen molar-refractivity contribution in [1.29, 1.82) is 0 Å². The van der Waals surface area contributed by atoms with Gasteiger partial charge in [-0.2, -0.15) is 0 Å². The maximum atomic E-state index is 10.1. The summed E-state index contributed by atoms with van der Waals surface area (Å²) in [5, 5.41) is 8.27. The van der Waals surface area contributed by atoms with E-state index in [4.69, 9.17) is 5.11 Å². The molecule has 1 rings (SSSR count). The van der Waals surface area contributed by atoms with Crippen LogP contribution in [0.25, 0.3) is 0 Å². The van der Waals surface area contributed by atoms with Gasteiger partial charge in [-0.15, -0.1) is 0 Å². The second kappa shape index (κ2) is 2.32. The molecule has 0 spiro atoms. The average molecular weight is 149 g/mol. The maximum Gasteiger partial charge on any atom is 0.344 e. The van der Waals surface area contributed by atoms with Crippen molar-refractivity contribution in [3.05, 3.63) is 11.1 Å². The lowest BCUT2D eigenvalue weighted by Crippen LogP contribution is -1.93. The molecule has 0 atom stereocenters. The Labute approximate surface area is 54.1 Å². The second-order valence-electron chi connectivity index (χ2n) is 1.10. The zero-order chi connectivity index (χ0) is 5.98. The number of rotatable bonds is 1. The van der Waals surface area contributed by atoms with Crippen LogP contribution < -0.4 is 4.72 Å². The van der Waals surface area contributed by atoms with Crippen LogP contribution in [0.2, 0.25) is 0 Å². The minimum Gasteiger partial charge on any atom is -0.477 e. The van der Waals surface area contributed by atoms with Gasteiger partial charge in [-0.25, -0.2) is 4.79 Å². The molecule has 0 aromatic heterocycles. The van der Waals surface area contributed by atoms with Gasteiger partial charge in [-0.3, -0.25) is 0 Å². The van der Waals surface area contributed by atoms with Crippen LogP contribution >= 0.6 is 21.8 Å². The Morgan fingerprint density at radius 2 is 2.62 bits per heavy atom. The molecular formula is C3H3NO2S2. The summed E-state index contributed by atoms with van der Waals surface area (Å²) in [6, 6.07) is 0. The fraction of sp³-hybridized carbons (Fsp3) is 0. The van der Waals surface area contributed by atoms with Gasteiger partial charge < -0.3 is 9.83 Å². The molecule has 1 aliphatic heterocycles. The molecule has 1 aliphatic rings. The molecule has 3 nitrogen and oxygen atoms in total. The molecule has 0 saturated carbocycles. The van der Waals surface area contributed by atoms with E-state index < -0.39 is 5.97 Å². The zero-order valence-corrected chi connectivity index (χ0v) is 5.38. The van der Waals surface area contributed by atoms with Crippen molar-refractivity contribution in [2.24, 2.45) is 0 Å². The second-order valence-corrected chi connectivity index (χ2v) is 3.11. The van der Waals surface area contributed by atoms with Gasteiger partial charge in [0.15, 0.2) is 0 Å². The number of aliphatic carboxylic acids is 1. The first-order valence-corrected chi connectivity index (χ1v) is 3.98. The number of carboxylic acids is 1. The minimum absolute atomic E-state index is 0.356. The van der Waals surface area contributed by atoms with Gasteiger partial charge in [0, 0.05) is 17.2 Å². The van der Waals surface area contributed by atoms with Gasteiger partial charge in [-0.1, -0.05) is 0 Å². The molecule has 0 aliphatic carbocycles. The van der Waals surface area contributed by atoms with Gasteiger partial charge >= 0.3 is 5.97 Å². The van der Waals surface area contributed by atoms with Crippen LogP contribution in [-0.2, 0) is 4.79 Å². The van der Waals surface area contributed by atoms with E-state index in [0.29, 0.717) is 4.91 Å². The Morgan fingerprint density at radius 1 is 1.88 bits per heavy atom. The molecule has 0 amide bonds. The standard InChI is InChI=1S/C3H3NO2S2/c5-3(6)2-1-4-8-7-2/h1,4H,(H,5,6). The quantitative estimate of drug-likeness (QED) is 0.427. The molecule has 1 heterocycles. The van der Waals surface area contributed by atoms with E-state index in [0.717, 1.165) is 0 Å². The molecule has 0 radical (unpaired) electrons. The van der Waals surface area contributed by atoms with E-state index in [1.165, 1.54) is 28.0 Å². The van der Waals surface area contributed by atoms with E-state index >= 15 is 0 Å². The number of nitrogens with one attached hydrogen (secondary N) is 1. The first-order chi connectivity index (χ1) is 3.80. The molecule has 2 N–H and O–H groups in total. The summed E-state index contributed by atoms with van der Waals surface area (Å²) < 4.78 is 2.69. The fourth-order valence-corrected chi connectivity index (χ4v) is 1.74. The molecule has 5 heteroatoms. The Kier molecular flexibility index (Phi) is 1.69. The highest BCUT2D eigenvalue weighted by molar-refractivity contribution is 8.78. The first-order valence-electron chi connectivity index (χ1n) is 1.83. The highest BCUT2D eigenvalue weighted by Crippen LogP contribution is 2.32. The smallest absolute Gasteiger partial charge is 0.344 e. The van der Waals surface area contributed by atoms with Gasteiger partial charge in [0.1, 0.15) is 4.91 Å². The van der Waals surface area contributed by atoms with Gasteiger partial charge in [0.2, 0.25) is 0 Å². The van der Waals surface area contributed by atoms with Crippen molar-refractivity contribution in [1.82, 2.24) is 4.72 Å². The predicted molar refractivity (Wildman–Crippen MR) is 34.0 cm³/mol. The number of carbonyl (C=O) groups is 1. The van der Waals surface area contributed by atoms with Crippen LogP contribution in [0.5, 0.6) is 0 Å². The monoisotopic (exact) mass is 149 g/mol. The molecule has 0 saturated heterocycles.